The molecule has 4 heteroatoms. The summed E-state index contributed by atoms with van der Waals surface area (Å²) in [6, 6.07) is 5.48. The van der Waals surface area contributed by atoms with E-state index in [1.165, 1.54) is 0 Å². The van der Waals surface area contributed by atoms with Crippen LogP contribution in [0.15, 0.2) is 18.2 Å². The molecule has 1 aliphatic heterocycles. The number of amides is 1. The first-order chi connectivity index (χ1) is 7.61. The van der Waals surface area contributed by atoms with Crippen molar-refractivity contribution < 1.29 is 4.79 Å². The lowest BCUT2D eigenvalue weighted by Crippen LogP contribution is -2.33. The third kappa shape index (κ3) is 1.87. The Labute approximate surface area is 100 Å². The molecule has 1 heterocycles. The van der Waals surface area contributed by atoms with Crippen molar-refractivity contribution in [2.45, 2.75) is 25.8 Å². The molecule has 1 unspecified atom stereocenters. The van der Waals surface area contributed by atoms with Crippen molar-refractivity contribution in [3.05, 3.63) is 28.8 Å². The Bertz CT molecular complexity index is 419. The molecular formula is C12H15ClN2O. The summed E-state index contributed by atoms with van der Waals surface area (Å²) in [7, 11) is 0. The van der Waals surface area contributed by atoms with Gasteiger partial charge < -0.3 is 10.6 Å². The third-order valence-corrected chi connectivity index (χ3v) is 3.49. The normalized spacial score (nSPS) is 20.1. The molecule has 1 aliphatic rings. The lowest BCUT2D eigenvalue weighted by molar-refractivity contribution is 0.0747. The molecule has 2 rings (SSSR count). The van der Waals surface area contributed by atoms with Crippen molar-refractivity contribution in [1.29, 1.82) is 0 Å². The van der Waals surface area contributed by atoms with Gasteiger partial charge in [0.05, 0.1) is 16.3 Å². The highest BCUT2D eigenvalue weighted by atomic mass is 35.5. The molecule has 2 N–H and O–H groups in total. The van der Waals surface area contributed by atoms with Gasteiger partial charge in [-0.15, -0.1) is 0 Å². The molecule has 0 aliphatic carbocycles. The third-order valence-electron chi connectivity index (χ3n) is 3.07. The van der Waals surface area contributed by atoms with Crippen molar-refractivity contribution in [2.24, 2.45) is 0 Å². The second kappa shape index (κ2) is 4.34. The summed E-state index contributed by atoms with van der Waals surface area (Å²) < 4.78 is 0. The van der Waals surface area contributed by atoms with Crippen molar-refractivity contribution in [3.63, 3.8) is 0 Å². The van der Waals surface area contributed by atoms with Crippen LogP contribution >= 0.6 is 11.6 Å². The first-order valence-electron chi connectivity index (χ1n) is 5.46. The van der Waals surface area contributed by atoms with Crippen LogP contribution in [0.25, 0.3) is 0 Å². The fourth-order valence-electron chi connectivity index (χ4n) is 2.10. The van der Waals surface area contributed by atoms with Gasteiger partial charge in [-0.1, -0.05) is 17.7 Å². The Hall–Kier alpha value is -1.22. The molecule has 1 amide bonds. The van der Waals surface area contributed by atoms with Gasteiger partial charge in [0.15, 0.2) is 0 Å². The first kappa shape index (κ1) is 11.3. The number of carbonyl (C=O) groups excluding carboxylic acids is 1. The average molecular weight is 239 g/mol. The van der Waals surface area contributed by atoms with Gasteiger partial charge in [0.1, 0.15) is 0 Å². The highest BCUT2D eigenvalue weighted by molar-refractivity contribution is 6.36. The van der Waals surface area contributed by atoms with Gasteiger partial charge in [-0.3, -0.25) is 4.79 Å². The summed E-state index contributed by atoms with van der Waals surface area (Å²) in [6.07, 6.45) is 2.12. The minimum Gasteiger partial charge on any atom is -0.398 e. The van der Waals surface area contributed by atoms with Crippen LogP contribution in [0.2, 0.25) is 5.02 Å². The number of nitrogen functional groups attached to an aromatic ring is 1. The van der Waals surface area contributed by atoms with Crippen molar-refractivity contribution in [2.75, 3.05) is 12.3 Å². The average Bonchev–Trinajstić information content (AvgIpc) is 2.68. The SMILES string of the molecule is CC1CCCN1C(=O)c1cccc(N)c1Cl. The molecule has 1 atom stereocenters. The van der Waals surface area contributed by atoms with Gasteiger partial charge in [0, 0.05) is 12.6 Å². The fraction of sp³-hybridized carbons (Fsp3) is 0.417. The van der Waals surface area contributed by atoms with Crippen LogP contribution in [0.1, 0.15) is 30.1 Å². The van der Waals surface area contributed by atoms with Crippen LogP contribution in [0.3, 0.4) is 0 Å². The first-order valence-corrected chi connectivity index (χ1v) is 5.84. The van der Waals surface area contributed by atoms with Gasteiger partial charge in [0.25, 0.3) is 5.91 Å². The van der Waals surface area contributed by atoms with Crippen LogP contribution in [0, 0.1) is 0 Å². The van der Waals surface area contributed by atoms with Gasteiger partial charge in [-0.25, -0.2) is 0 Å². The molecule has 86 valence electrons. The van der Waals surface area contributed by atoms with E-state index < -0.39 is 0 Å². The Morgan fingerprint density at radius 1 is 1.56 bits per heavy atom. The number of hydrogen-bond acceptors (Lipinski definition) is 2. The number of carbonyl (C=O) groups is 1. The number of likely N-dealkylation sites (tertiary alicyclic amines) is 1. The quantitative estimate of drug-likeness (QED) is 0.765. The van der Waals surface area contributed by atoms with Gasteiger partial charge in [-0.05, 0) is 31.9 Å². The summed E-state index contributed by atoms with van der Waals surface area (Å²) in [4.78, 5) is 14.1. The molecule has 0 saturated carbocycles. The second-order valence-electron chi connectivity index (χ2n) is 4.20. The maximum absolute atomic E-state index is 12.2. The summed E-state index contributed by atoms with van der Waals surface area (Å²) in [5, 5.41) is 0.367. The van der Waals surface area contributed by atoms with Crippen LogP contribution in [0.4, 0.5) is 5.69 Å². The Morgan fingerprint density at radius 3 is 2.94 bits per heavy atom. The largest absolute Gasteiger partial charge is 0.398 e. The number of hydrogen-bond donors (Lipinski definition) is 1. The van der Waals surface area contributed by atoms with Crippen LogP contribution in [-0.2, 0) is 0 Å². The number of benzene rings is 1. The monoisotopic (exact) mass is 238 g/mol. The molecule has 0 bridgehead atoms. The molecule has 1 aromatic carbocycles. The molecule has 0 radical (unpaired) electrons. The number of rotatable bonds is 1. The minimum atomic E-state index is -0.0118. The van der Waals surface area contributed by atoms with E-state index in [2.05, 4.69) is 6.92 Å². The van der Waals surface area contributed by atoms with E-state index in [-0.39, 0.29) is 5.91 Å². The van der Waals surface area contributed by atoms with Crippen molar-refractivity contribution >= 4 is 23.2 Å². The van der Waals surface area contributed by atoms with Crippen molar-refractivity contribution in [3.8, 4) is 0 Å². The summed E-state index contributed by atoms with van der Waals surface area (Å²) in [6.45, 7) is 2.87. The summed E-state index contributed by atoms with van der Waals surface area (Å²) in [5.74, 6) is -0.0118. The molecule has 0 aromatic heterocycles. The Kier molecular flexibility index (Phi) is 3.06. The lowest BCUT2D eigenvalue weighted by atomic mass is 10.1. The number of anilines is 1. The molecule has 1 saturated heterocycles. The topological polar surface area (TPSA) is 46.3 Å². The Balaban J connectivity index is 2.30. The van der Waals surface area contributed by atoms with Crippen LogP contribution in [-0.4, -0.2) is 23.4 Å². The second-order valence-corrected chi connectivity index (χ2v) is 4.58. The lowest BCUT2D eigenvalue weighted by Gasteiger charge is -2.22. The van der Waals surface area contributed by atoms with Gasteiger partial charge >= 0.3 is 0 Å². The van der Waals surface area contributed by atoms with E-state index in [1.54, 1.807) is 18.2 Å². The summed E-state index contributed by atoms with van der Waals surface area (Å²) >= 11 is 6.04. The van der Waals surface area contributed by atoms with E-state index in [4.69, 9.17) is 17.3 Å². The maximum atomic E-state index is 12.2. The maximum Gasteiger partial charge on any atom is 0.255 e. The zero-order chi connectivity index (χ0) is 11.7. The molecular weight excluding hydrogens is 224 g/mol. The van der Waals surface area contributed by atoms with E-state index in [9.17, 15) is 4.79 Å². The number of halogens is 1. The van der Waals surface area contributed by atoms with Crippen LogP contribution < -0.4 is 5.73 Å². The van der Waals surface area contributed by atoms with Crippen LogP contribution in [0.5, 0.6) is 0 Å². The zero-order valence-electron chi connectivity index (χ0n) is 9.24. The minimum absolute atomic E-state index is 0.0118. The van der Waals surface area contributed by atoms with E-state index >= 15 is 0 Å². The molecule has 0 spiro atoms. The molecule has 3 nitrogen and oxygen atoms in total. The Morgan fingerprint density at radius 2 is 2.31 bits per heavy atom. The van der Waals surface area contributed by atoms with Gasteiger partial charge in [-0.2, -0.15) is 0 Å². The highest BCUT2D eigenvalue weighted by Gasteiger charge is 2.27. The summed E-state index contributed by atoms with van der Waals surface area (Å²) in [5.41, 5.74) is 6.66. The fourth-order valence-corrected chi connectivity index (χ4v) is 2.31. The smallest absolute Gasteiger partial charge is 0.255 e. The number of nitrogens with zero attached hydrogens (tertiary/aromatic N) is 1. The molecule has 1 aromatic rings. The highest BCUT2D eigenvalue weighted by Crippen LogP contribution is 2.27. The van der Waals surface area contributed by atoms with E-state index in [1.807, 2.05) is 4.90 Å². The predicted molar refractivity (Wildman–Crippen MR) is 65.6 cm³/mol. The predicted octanol–water partition coefficient (Wildman–Crippen LogP) is 2.55. The van der Waals surface area contributed by atoms with E-state index in [0.717, 1.165) is 19.4 Å². The zero-order valence-corrected chi connectivity index (χ0v) is 10.00. The standard InChI is InChI=1S/C12H15ClN2O/c1-8-4-3-7-15(8)12(16)9-5-2-6-10(14)11(9)13/h2,5-6,8H,3-4,7,14H2,1H3. The van der Waals surface area contributed by atoms with Gasteiger partial charge in [0.2, 0.25) is 0 Å². The molecule has 16 heavy (non-hydrogen) atoms. The number of nitrogens with two attached hydrogens (primary N) is 1. The van der Waals surface area contributed by atoms with Crippen molar-refractivity contribution in [1.82, 2.24) is 4.90 Å². The van der Waals surface area contributed by atoms with E-state index in [0.29, 0.717) is 22.3 Å². The molecule has 1 fully saturated rings.